The van der Waals surface area contributed by atoms with E-state index in [1.807, 2.05) is 71.8 Å². The molecule has 0 aliphatic carbocycles. The van der Waals surface area contributed by atoms with Crippen LogP contribution in [-0.4, -0.2) is 29.6 Å². The number of carbonyl (C=O) groups excluding carboxylic acids is 3. The van der Waals surface area contributed by atoms with Gasteiger partial charge in [-0.3, -0.25) is 14.4 Å². The van der Waals surface area contributed by atoms with Gasteiger partial charge in [0.15, 0.2) is 11.6 Å². The van der Waals surface area contributed by atoms with Crippen molar-refractivity contribution in [1.82, 2.24) is 0 Å². The van der Waals surface area contributed by atoms with E-state index in [1.54, 1.807) is 30.3 Å². The number of fused-ring (bicyclic) bond motifs is 6. The summed E-state index contributed by atoms with van der Waals surface area (Å²) in [7, 11) is 0. The molecule has 1 spiro atoms. The Hall–Kier alpha value is -4.00. The smallest absolute Gasteiger partial charge is 0.238 e. The van der Waals surface area contributed by atoms with Crippen molar-refractivity contribution in [2.24, 2.45) is 5.92 Å². The number of halogens is 1. The molecule has 1 amide bonds. The lowest BCUT2D eigenvalue weighted by molar-refractivity contribution is -0.121. The zero-order chi connectivity index (χ0) is 26.9. The van der Waals surface area contributed by atoms with Crippen molar-refractivity contribution < 1.29 is 14.4 Å². The topological polar surface area (TPSA) is 66.5 Å². The van der Waals surface area contributed by atoms with Crippen LogP contribution >= 0.6 is 22.9 Å². The average Bonchev–Trinajstić information content (AvgIpc) is 3.65. The van der Waals surface area contributed by atoms with Gasteiger partial charge < -0.3 is 10.2 Å². The van der Waals surface area contributed by atoms with Crippen LogP contribution in [0.25, 0.3) is 6.08 Å². The van der Waals surface area contributed by atoms with E-state index in [4.69, 9.17) is 11.6 Å². The number of para-hydroxylation sites is 1. The summed E-state index contributed by atoms with van der Waals surface area (Å²) < 4.78 is 0. The number of Topliss-reactive ketones (excluding diaryl/α,β-unsaturated/α-hetero) is 2. The molecular formula is C32H23ClN2O3S. The molecule has 0 bridgehead atoms. The second-order valence-electron chi connectivity index (χ2n) is 10.3. The fourth-order valence-corrected chi connectivity index (χ4v) is 7.49. The Kier molecular flexibility index (Phi) is 5.41. The van der Waals surface area contributed by atoms with E-state index in [0.717, 1.165) is 22.4 Å². The number of hydrogen-bond donors (Lipinski definition) is 1. The highest BCUT2D eigenvalue weighted by Crippen LogP contribution is 2.58. The number of rotatable bonds is 4. The fraction of sp³-hybridized carbons (Fsp3) is 0.156. The van der Waals surface area contributed by atoms with Gasteiger partial charge in [0.05, 0.1) is 16.8 Å². The van der Waals surface area contributed by atoms with Gasteiger partial charge in [-0.15, -0.1) is 11.3 Å². The van der Waals surface area contributed by atoms with Gasteiger partial charge in [0.1, 0.15) is 11.5 Å². The van der Waals surface area contributed by atoms with Crippen molar-refractivity contribution in [2.45, 2.75) is 24.4 Å². The molecule has 1 saturated heterocycles. The number of aryl methyl sites for hydroxylation is 1. The highest BCUT2D eigenvalue weighted by atomic mass is 35.5. The van der Waals surface area contributed by atoms with Gasteiger partial charge in [-0.2, -0.15) is 0 Å². The Morgan fingerprint density at radius 1 is 0.974 bits per heavy atom. The van der Waals surface area contributed by atoms with Crippen molar-refractivity contribution in [3.05, 3.63) is 122 Å². The Labute approximate surface area is 234 Å². The van der Waals surface area contributed by atoms with Crippen LogP contribution in [0.4, 0.5) is 11.4 Å². The normalized spacial score (nSPS) is 24.3. The molecule has 7 heteroatoms. The van der Waals surface area contributed by atoms with Crippen LogP contribution in [0.5, 0.6) is 0 Å². The molecule has 1 N–H and O–H groups in total. The molecule has 4 heterocycles. The zero-order valence-corrected chi connectivity index (χ0v) is 22.5. The first-order valence-electron chi connectivity index (χ1n) is 12.8. The maximum atomic E-state index is 14.5. The number of nitrogens with zero attached hydrogens (tertiary/aromatic N) is 1. The molecule has 5 nitrogen and oxygen atoms in total. The monoisotopic (exact) mass is 550 g/mol. The van der Waals surface area contributed by atoms with Crippen LogP contribution < -0.4 is 10.2 Å². The summed E-state index contributed by atoms with van der Waals surface area (Å²) >= 11 is 7.48. The molecule has 3 aliphatic rings. The maximum absolute atomic E-state index is 14.5. The second kappa shape index (κ2) is 8.76. The van der Waals surface area contributed by atoms with Crippen molar-refractivity contribution in [3.63, 3.8) is 0 Å². The number of amides is 1. The lowest BCUT2D eigenvalue weighted by Gasteiger charge is -2.37. The fourth-order valence-electron chi connectivity index (χ4n) is 6.66. The molecule has 1 fully saturated rings. The van der Waals surface area contributed by atoms with E-state index < -0.39 is 23.4 Å². The summed E-state index contributed by atoms with van der Waals surface area (Å²) in [5.41, 5.74) is 3.43. The third-order valence-electron chi connectivity index (χ3n) is 8.23. The first-order valence-corrected chi connectivity index (χ1v) is 14.0. The van der Waals surface area contributed by atoms with Crippen molar-refractivity contribution in [3.8, 4) is 0 Å². The SMILES string of the molecule is Cc1ccc2c(c1)C=C[C@@H]1N2[C@H](C(=O)c2ccc(Cl)cc2)[C@H](C(=O)c2cccs2)[C@@]12C(=O)Nc1ccccc12. The molecular weight excluding hydrogens is 528 g/mol. The van der Waals surface area contributed by atoms with Crippen LogP contribution in [0.15, 0.2) is 90.3 Å². The number of carbonyl (C=O) groups is 3. The van der Waals surface area contributed by atoms with E-state index in [2.05, 4.69) is 11.4 Å². The highest BCUT2D eigenvalue weighted by Gasteiger charge is 2.70. The van der Waals surface area contributed by atoms with E-state index in [0.29, 0.717) is 21.2 Å². The number of nitrogens with one attached hydrogen (secondary N) is 1. The summed E-state index contributed by atoms with van der Waals surface area (Å²) in [5, 5.41) is 5.42. The average molecular weight is 551 g/mol. The Bertz CT molecular complexity index is 1690. The van der Waals surface area contributed by atoms with Crippen LogP contribution in [-0.2, 0) is 10.2 Å². The molecule has 0 unspecified atom stereocenters. The van der Waals surface area contributed by atoms with E-state index in [-0.39, 0.29) is 17.5 Å². The highest BCUT2D eigenvalue weighted by molar-refractivity contribution is 7.12. The zero-order valence-electron chi connectivity index (χ0n) is 20.9. The van der Waals surface area contributed by atoms with Crippen molar-refractivity contribution in [2.75, 3.05) is 10.2 Å². The first-order chi connectivity index (χ1) is 18.9. The summed E-state index contributed by atoms with van der Waals surface area (Å²) in [6.07, 6.45) is 4.01. The van der Waals surface area contributed by atoms with Crippen LogP contribution in [0.2, 0.25) is 5.02 Å². The minimum absolute atomic E-state index is 0.208. The van der Waals surface area contributed by atoms with Gasteiger partial charge >= 0.3 is 0 Å². The van der Waals surface area contributed by atoms with E-state index >= 15 is 0 Å². The van der Waals surface area contributed by atoms with Crippen LogP contribution in [0, 0.1) is 12.8 Å². The molecule has 7 rings (SSSR count). The van der Waals surface area contributed by atoms with Gasteiger partial charge in [-0.05, 0) is 72.0 Å². The van der Waals surface area contributed by atoms with Gasteiger partial charge in [-0.1, -0.05) is 59.6 Å². The molecule has 4 atom stereocenters. The third-order valence-corrected chi connectivity index (χ3v) is 9.37. The van der Waals surface area contributed by atoms with Gasteiger partial charge in [0.2, 0.25) is 5.91 Å². The number of thiophene rings is 1. The molecule has 0 radical (unpaired) electrons. The van der Waals surface area contributed by atoms with Gasteiger partial charge in [0.25, 0.3) is 0 Å². The standard InChI is InChI=1S/C32H23ClN2O3S/c1-18-8-14-24-20(17-18)11-15-26-32(22-5-2-3-6-23(22)34-31(32)38)27(30(37)25-7-4-16-39-25)28(35(24)26)29(36)19-9-12-21(33)13-10-19/h2-17,26-28H,1H3,(H,34,38)/t26-,27+,28-,32-/m0/s1. The van der Waals surface area contributed by atoms with Gasteiger partial charge in [0, 0.05) is 22.0 Å². The maximum Gasteiger partial charge on any atom is 0.238 e. The molecule has 3 aliphatic heterocycles. The second-order valence-corrected chi connectivity index (χ2v) is 11.7. The molecule has 39 heavy (non-hydrogen) atoms. The lowest BCUT2D eigenvalue weighted by atomic mass is 9.64. The number of ketones is 2. The van der Waals surface area contributed by atoms with E-state index in [1.165, 1.54) is 11.3 Å². The largest absolute Gasteiger partial charge is 0.352 e. The van der Waals surface area contributed by atoms with Gasteiger partial charge in [-0.25, -0.2) is 0 Å². The summed E-state index contributed by atoms with van der Waals surface area (Å²) in [6, 6.07) is 22.4. The lowest BCUT2D eigenvalue weighted by Crippen LogP contribution is -2.51. The molecule has 4 aromatic rings. The Balaban J connectivity index is 1.54. The number of hydrogen-bond acceptors (Lipinski definition) is 5. The first kappa shape index (κ1) is 24.1. The summed E-state index contributed by atoms with van der Waals surface area (Å²) in [4.78, 5) is 45.9. The summed E-state index contributed by atoms with van der Waals surface area (Å²) in [6.45, 7) is 2.02. The number of anilines is 2. The van der Waals surface area contributed by atoms with Crippen molar-refractivity contribution >= 4 is 57.9 Å². The predicted octanol–water partition coefficient (Wildman–Crippen LogP) is 6.57. The summed E-state index contributed by atoms with van der Waals surface area (Å²) in [5.74, 6) is -1.66. The third kappa shape index (κ3) is 3.35. The molecule has 1 aromatic heterocycles. The van der Waals surface area contributed by atoms with E-state index in [9.17, 15) is 14.4 Å². The van der Waals surface area contributed by atoms with Crippen LogP contribution in [0.3, 0.4) is 0 Å². The minimum Gasteiger partial charge on any atom is -0.352 e. The Morgan fingerprint density at radius 2 is 1.77 bits per heavy atom. The predicted molar refractivity (Wildman–Crippen MR) is 155 cm³/mol. The Morgan fingerprint density at radius 3 is 2.54 bits per heavy atom. The van der Waals surface area contributed by atoms with Crippen molar-refractivity contribution in [1.29, 1.82) is 0 Å². The molecule has 0 saturated carbocycles. The van der Waals surface area contributed by atoms with Crippen LogP contribution in [0.1, 0.15) is 36.7 Å². The molecule has 192 valence electrons. The number of benzene rings is 3. The molecule has 3 aromatic carbocycles. The minimum atomic E-state index is -1.30. The quantitative estimate of drug-likeness (QED) is 0.292.